The normalized spacial score (nSPS) is 24.9. The first kappa shape index (κ1) is 14.9. The smallest absolute Gasteiger partial charge is 0.410 e. The highest BCUT2D eigenvalue weighted by Gasteiger charge is 2.33. The van der Waals surface area contributed by atoms with Gasteiger partial charge in [-0.1, -0.05) is 0 Å². The molecule has 114 valence electrons. The van der Waals surface area contributed by atoms with Gasteiger partial charge in [0.05, 0.1) is 0 Å². The minimum absolute atomic E-state index is 0.00969. The van der Waals surface area contributed by atoms with Gasteiger partial charge in [0.15, 0.2) is 0 Å². The fraction of sp³-hybridized carbons (Fsp3) is 0.857. The van der Waals surface area contributed by atoms with E-state index < -0.39 is 5.60 Å². The molecule has 6 nitrogen and oxygen atoms in total. The highest BCUT2D eigenvalue weighted by molar-refractivity contribution is 5.68. The molecule has 1 N–H and O–H groups in total. The molecule has 2 aliphatic rings. The monoisotopic (exact) mass is 284 g/mol. The standard InChI is InChI=1S/C14H24N2O4/c1-14(2,3)20-13(18)16-8-5-10(6-9-16)11-4-7-15-12(17)19-11/h10-11H,4-9H2,1-3H3,(H,15,17). The van der Waals surface area contributed by atoms with Crippen LogP contribution in [-0.4, -0.2) is 48.4 Å². The van der Waals surface area contributed by atoms with E-state index in [2.05, 4.69) is 5.32 Å². The summed E-state index contributed by atoms with van der Waals surface area (Å²) in [6.07, 6.45) is 1.98. The van der Waals surface area contributed by atoms with E-state index in [1.54, 1.807) is 4.90 Å². The molecule has 6 heteroatoms. The lowest BCUT2D eigenvalue weighted by molar-refractivity contribution is -0.00339. The number of carbonyl (C=O) groups is 2. The van der Waals surface area contributed by atoms with E-state index in [1.165, 1.54) is 0 Å². The van der Waals surface area contributed by atoms with Gasteiger partial charge in [-0.15, -0.1) is 0 Å². The lowest BCUT2D eigenvalue weighted by Gasteiger charge is -2.37. The van der Waals surface area contributed by atoms with Crippen LogP contribution in [0.2, 0.25) is 0 Å². The Morgan fingerprint density at radius 2 is 1.95 bits per heavy atom. The highest BCUT2D eigenvalue weighted by Crippen LogP contribution is 2.26. The molecule has 2 aliphatic heterocycles. The molecule has 20 heavy (non-hydrogen) atoms. The summed E-state index contributed by atoms with van der Waals surface area (Å²) < 4.78 is 10.7. The number of hydrogen-bond acceptors (Lipinski definition) is 4. The van der Waals surface area contributed by atoms with Crippen molar-refractivity contribution in [3.63, 3.8) is 0 Å². The van der Waals surface area contributed by atoms with Gasteiger partial charge < -0.3 is 19.7 Å². The number of ether oxygens (including phenoxy) is 2. The number of piperidine rings is 1. The van der Waals surface area contributed by atoms with Crippen LogP contribution >= 0.6 is 0 Å². The maximum atomic E-state index is 12.0. The third kappa shape index (κ3) is 4.02. The molecule has 2 heterocycles. The average molecular weight is 284 g/mol. The predicted octanol–water partition coefficient (Wildman–Crippen LogP) is 2.13. The van der Waals surface area contributed by atoms with Gasteiger partial charge in [0.1, 0.15) is 11.7 Å². The molecule has 2 amide bonds. The Morgan fingerprint density at radius 1 is 1.30 bits per heavy atom. The largest absolute Gasteiger partial charge is 0.446 e. The quantitative estimate of drug-likeness (QED) is 0.801. The van der Waals surface area contributed by atoms with E-state index >= 15 is 0 Å². The van der Waals surface area contributed by atoms with Gasteiger partial charge >= 0.3 is 12.2 Å². The van der Waals surface area contributed by atoms with E-state index in [4.69, 9.17) is 9.47 Å². The molecule has 0 radical (unpaired) electrons. The summed E-state index contributed by atoms with van der Waals surface area (Å²) in [5.74, 6) is 0.347. The maximum absolute atomic E-state index is 12.0. The molecule has 2 fully saturated rings. The Bertz CT molecular complexity index is 370. The van der Waals surface area contributed by atoms with Gasteiger partial charge in [-0.25, -0.2) is 9.59 Å². The van der Waals surface area contributed by atoms with E-state index in [9.17, 15) is 9.59 Å². The van der Waals surface area contributed by atoms with Gasteiger partial charge in [-0.05, 0) is 39.5 Å². The van der Waals surface area contributed by atoms with Gasteiger partial charge in [0, 0.05) is 26.1 Å². The van der Waals surface area contributed by atoms with Crippen molar-refractivity contribution >= 4 is 12.2 Å². The van der Waals surface area contributed by atoms with Crippen molar-refractivity contribution < 1.29 is 19.1 Å². The van der Waals surface area contributed by atoms with Gasteiger partial charge in [-0.3, -0.25) is 0 Å². The first-order valence-corrected chi connectivity index (χ1v) is 7.27. The van der Waals surface area contributed by atoms with Crippen molar-refractivity contribution in [3.05, 3.63) is 0 Å². The highest BCUT2D eigenvalue weighted by atomic mass is 16.6. The Hall–Kier alpha value is -1.46. The Labute approximate surface area is 119 Å². The number of nitrogens with one attached hydrogen (secondary N) is 1. The van der Waals surface area contributed by atoms with Crippen molar-refractivity contribution in [1.82, 2.24) is 10.2 Å². The molecule has 0 aliphatic carbocycles. The van der Waals surface area contributed by atoms with Crippen LogP contribution in [0, 0.1) is 5.92 Å². The Kier molecular flexibility index (Phi) is 4.40. The Balaban J connectivity index is 1.80. The zero-order valence-electron chi connectivity index (χ0n) is 12.5. The van der Waals surface area contributed by atoms with Crippen molar-refractivity contribution in [1.29, 1.82) is 0 Å². The minimum Gasteiger partial charge on any atom is -0.446 e. The molecule has 0 bridgehead atoms. The summed E-state index contributed by atoms with van der Waals surface area (Å²) in [4.78, 5) is 24.9. The third-order valence-electron chi connectivity index (χ3n) is 3.67. The van der Waals surface area contributed by atoms with Crippen molar-refractivity contribution in [3.8, 4) is 0 Å². The lowest BCUT2D eigenvalue weighted by Crippen LogP contribution is -2.47. The maximum Gasteiger partial charge on any atom is 0.410 e. The van der Waals surface area contributed by atoms with Crippen LogP contribution in [0.1, 0.15) is 40.0 Å². The van der Waals surface area contributed by atoms with E-state index in [1.807, 2.05) is 20.8 Å². The number of alkyl carbamates (subject to hydrolysis) is 1. The predicted molar refractivity (Wildman–Crippen MR) is 73.4 cm³/mol. The minimum atomic E-state index is -0.460. The third-order valence-corrected chi connectivity index (χ3v) is 3.67. The second-order valence-corrected chi connectivity index (χ2v) is 6.46. The number of likely N-dealkylation sites (tertiary alicyclic amines) is 1. The van der Waals surface area contributed by atoms with Gasteiger partial charge in [-0.2, -0.15) is 0 Å². The molecule has 0 saturated carbocycles. The topological polar surface area (TPSA) is 67.9 Å². The summed E-state index contributed by atoms with van der Waals surface area (Å²) in [5.41, 5.74) is -0.460. The van der Waals surface area contributed by atoms with E-state index in [0.29, 0.717) is 25.6 Å². The summed E-state index contributed by atoms with van der Waals surface area (Å²) in [5, 5.41) is 2.66. The summed E-state index contributed by atoms with van der Waals surface area (Å²) in [7, 11) is 0. The van der Waals surface area contributed by atoms with Crippen molar-refractivity contribution in [2.24, 2.45) is 5.92 Å². The van der Waals surface area contributed by atoms with Crippen LogP contribution in [0.3, 0.4) is 0 Å². The molecule has 0 aromatic rings. The first-order valence-electron chi connectivity index (χ1n) is 7.27. The summed E-state index contributed by atoms with van der Waals surface area (Å²) in [6.45, 7) is 7.61. The SMILES string of the molecule is CC(C)(C)OC(=O)N1CCC(C2CCNC(=O)O2)CC1. The molecule has 2 rings (SSSR count). The summed E-state index contributed by atoms with van der Waals surface area (Å²) in [6, 6.07) is 0. The Morgan fingerprint density at radius 3 is 2.50 bits per heavy atom. The van der Waals surface area contributed by atoms with E-state index in [-0.39, 0.29) is 18.3 Å². The average Bonchev–Trinajstić information content (AvgIpc) is 2.37. The number of rotatable bonds is 1. The molecule has 1 unspecified atom stereocenters. The van der Waals surface area contributed by atoms with Crippen LogP contribution < -0.4 is 5.32 Å². The van der Waals surface area contributed by atoms with Crippen LogP contribution in [0.15, 0.2) is 0 Å². The zero-order chi connectivity index (χ0) is 14.8. The van der Waals surface area contributed by atoms with E-state index in [0.717, 1.165) is 19.3 Å². The second kappa shape index (κ2) is 5.89. The van der Waals surface area contributed by atoms with Gasteiger partial charge in [0.2, 0.25) is 0 Å². The second-order valence-electron chi connectivity index (χ2n) is 6.46. The molecule has 2 saturated heterocycles. The number of hydrogen-bond donors (Lipinski definition) is 1. The fourth-order valence-corrected chi connectivity index (χ4v) is 2.67. The van der Waals surface area contributed by atoms with Crippen molar-refractivity contribution in [2.45, 2.75) is 51.7 Å². The van der Waals surface area contributed by atoms with Crippen LogP contribution in [0.4, 0.5) is 9.59 Å². The van der Waals surface area contributed by atoms with Crippen LogP contribution in [0.25, 0.3) is 0 Å². The molecule has 0 aromatic heterocycles. The molecular weight excluding hydrogens is 260 g/mol. The molecule has 0 aromatic carbocycles. The molecule has 0 spiro atoms. The number of cyclic esters (lactones) is 1. The number of nitrogens with zero attached hydrogens (tertiary/aromatic N) is 1. The molecule has 1 atom stereocenters. The number of amides is 2. The first-order chi connectivity index (χ1) is 9.35. The van der Waals surface area contributed by atoms with Crippen LogP contribution in [-0.2, 0) is 9.47 Å². The van der Waals surface area contributed by atoms with Gasteiger partial charge in [0.25, 0.3) is 0 Å². The van der Waals surface area contributed by atoms with Crippen molar-refractivity contribution in [2.75, 3.05) is 19.6 Å². The zero-order valence-corrected chi connectivity index (χ0v) is 12.5. The number of carbonyl (C=O) groups excluding carboxylic acids is 2. The molecular formula is C14H24N2O4. The lowest BCUT2D eigenvalue weighted by atomic mass is 9.89. The fourth-order valence-electron chi connectivity index (χ4n) is 2.67. The van der Waals surface area contributed by atoms with Crippen LogP contribution in [0.5, 0.6) is 0 Å². The summed E-state index contributed by atoms with van der Waals surface area (Å²) >= 11 is 0.